The van der Waals surface area contributed by atoms with Gasteiger partial charge in [-0.05, 0) is 12.8 Å². The first kappa shape index (κ1) is 14.9. The lowest BCUT2D eigenvalue weighted by Crippen LogP contribution is -2.37. The SMILES string of the molecule is CCCCN(CCNC(=O)CCC)C(C)=O. The number of rotatable bonds is 8. The highest BCUT2D eigenvalue weighted by Crippen LogP contribution is 1.95. The van der Waals surface area contributed by atoms with Crippen molar-refractivity contribution in [2.24, 2.45) is 0 Å². The molecule has 2 amide bonds. The van der Waals surface area contributed by atoms with Crippen LogP contribution in [0, 0.1) is 0 Å². The molecule has 0 aromatic heterocycles. The lowest BCUT2D eigenvalue weighted by molar-refractivity contribution is -0.129. The predicted octanol–water partition coefficient (Wildman–Crippen LogP) is 1.55. The third-order valence-corrected chi connectivity index (χ3v) is 2.41. The second-order valence-electron chi connectivity index (χ2n) is 3.96. The molecule has 16 heavy (non-hydrogen) atoms. The van der Waals surface area contributed by atoms with Gasteiger partial charge in [0.05, 0.1) is 0 Å². The Kier molecular flexibility index (Phi) is 8.58. The fourth-order valence-corrected chi connectivity index (χ4v) is 1.42. The number of amides is 2. The molecule has 0 fully saturated rings. The molecule has 94 valence electrons. The van der Waals surface area contributed by atoms with Crippen LogP contribution in [0.15, 0.2) is 0 Å². The van der Waals surface area contributed by atoms with Gasteiger partial charge in [0, 0.05) is 33.0 Å². The van der Waals surface area contributed by atoms with Crippen molar-refractivity contribution in [3.63, 3.8) is 0 Å². The Balaban J connectivity index is 3.75. The number of nitrogens with zero attached hydrogens (tertiary/aromatic N) is 1. The van der Waals surface area contributed by atoms with Gasteiger partial charge in [0.1, 0.15) is 0 Å². The highest BCUT2D eigenvalue weighted by molar-refractivity contribution is 5.76. The molecule has 0 aliphatic heterocycles. The van der Waals surface area contributed by atoms with Crippen LogP contribution in [0.3, 0.4) is 0 Å². The summed E-state index contributed by atoms with van der Waals surface area (Å²) < 4.78 is 0. The molecule has 4 nitrogen and oxygen atoms in total. The van der Waals surface area contributed by atoms with Gasteiger partial charge in [-0.3, -0.25) is 9.59 Å². The van der Waals surface area contributed by atoms with Crippen LogP contribution in [0.1, 0.15) is 46.5 Å². The first-order valence-electron chi connectivity index (χ1n) is 6.14. The molecule has 0 heterocycles. The molecule has 0 aliphatic carbocycles. The minimum absolute atomic E-state index is 0.0708. The molecule has 4 heteroatoms. The van der Waals surface area contributed by atoms with Gasteiger partial charge in [0.25, 0.3) is 0 Å². The van der Waals surface area contributed by atoms with Crippen LogP contribution >= 0.6 is 0 Å². The first-order valence-corrected chi connectivity index (χ1v) is 6.14. The molecule has 0 aromatic rings. The van der Waals surface area contributed by atoms with Gasteiger partial charge in [-0.15, -0.1) is 0 Å². The lowest BCUT2D eigenvalue weighted by atomic mass is 10.3. The molecular formula is C12H24N2O2. The van der Waals surface area contributed by atoms with E-state index < -0.39 is 0 Å². The van der Waals surface area contributed by atoms with Crippen LogP contribution in [-0.2, 0) is 9.59 Å². The Morgan fingerprint density at radius 2 is 1.81 bits per heavy atom. The summed E-state index contributed by atoms with van der Waals surface area (Å²) >= 11 is 0. The van der Waals surface area contributed by atoms with E-state index in [0.29, 0.717) is 19.5 Å². The molecule has 0 radical (unpaired) electrons. The normalized spacial score (nSPS) is 9.94. The quantitative estimate of drug-likeness (QED) is 0.685. The van der Waals surface area contributed by atoms with E-state index in [-0.39, 0.29) is 11.8 Å². The molecule has 0 atom stereocenters. The van der Waals surface area contributed by atoms with Crippen molar-refractivity contribution in [2.75, 3.05) is 19.6 Å². The summed E-state index contributed by atoms with van der Waals surface area (Å²) in [7, 11) is 0. The summed E-state index contributed by atoms with van der Waals surface area (Å²) in [6.07, 6.45) is 3.52. The Labute approximate surface area is 98.4 Å². The van der Waals surface area contributed by atoms with Gasteiger partial charge in [-0.2, -0.15) is 0 Å². The highest BCUT2D eigenvalue weighted by atomic mass is 16.2. The molecule has 0 bridgehead atoms. The van der Waals surface area contributed by atoms with E-state index in [1.807, 2.05) is 6.92 Å². The molecule has 0 aromatic carbocycles. The van der Waals surface area contributed by atoms with Gasteiger partial charge in [-0.1, -0.05) is 20.3 Å². The molecule has 0 unspecified atom stereocenters. The second-order valence-corrected chi connectivity index (χ2v) is 3.96. The van der Waals surface area contributed by atoms with Gasteiger partial charge in [0.2, 0.25) is 11.8 Å². The van der Waals surface area contributed by atoms with Crippen LogP contribution < -0.4 is 5.32 Å². The summed E-state index contributed by atoms with van der Waals surface area (Å²) in [5.74, 6) is 0.152. The van der Waals surface area contributed by atoms with Crippen LogP contribution in [0.4, 0.5) is 0 Å². The average Bonchev–Trinajstić information content (AvgIpc) is 2.23. The van der Waals surface area contributed by atoms with Crippen LogP contribution in [0.25, 0.3) is 0 Å². The summed E-state index contributed by atoms with van der Waals surface area (Å²) in [5.41, 5.74) is 0. The molecule has 0 saturated heterocycles. The predicted molar refractivity (Wildman–Crippen MR) is 65.1 cm³/mol. The third-order valence-electron chi connectivity index (χ3n) is 2.41. The van der Waals surface area contributed by atoms with Crippen molar-refractivity contribution < 1.29 is 9.59 Å². The van der Waals surface area contributed by atoms with E-state index in [4.69, 9.17) is 0 Å². The molecule has 0 saturated carbocycles. The Morgan fingerprint density at radius 3 is 2.31 bits per heavy atom. The number of hydrogen-bond acceptors (Lipinski definition) is 2. The van der Waals surface area contributed by atoms with Gasteiger partial charge >= 0.3 is 0 Å². The third kappa shape index (κ3) is 7.26. The summed E-state index contributed by atoms with van der Waals surface area (Å²) in [6.45, 7) is 7.61. The number of carbonyl (C=O) groups is 2. The first-order chi connectivity index (χ1) is 7.61. The maximum absolute atomic E-state index is 11.3. The Bertz CT molecular complexity index is 217. The minimum Gasteiger partial charge on any atom is -0.354 e. The van der Waals surface area contributed by atoms with Gasteiger partial charge < -0.3 is 10.2 Å². The van der Waals surface area contributed by atoms with E-state index in [0.717, 1.165) is 25.8 Å². The second kappa shape index (κ2) is 9.19. The fraction of sp³-hybridized carbons (Fsp3) is 0.833. The number of unbranched alkanes of at least 4 members (excludes halogenated alkanes) is 1. The smallest absolute Gasteiger partial charge is 0.220 e. The van der Waals surface area contributed by atoms with Gasteiger partial charge in [-0.25, -0.2) is 0 Å². The number of carbonyl (C=O) groups excluding carboxylic acids is 2. The van der Waals surface area contributed by atoms with Crippen LogP contribution in [0.5, 0.6) is 0 Å². The zero-order chi connectivity index (χ0) is 12.4. The Morgan fingerprint density at radius 1 is 1.12 bits per heavy atom. The van der Waals surface area contributed by atoms with Gasteiger partial charge in [0.15, 0.2) is 0 Å². The molecule has 0 aliphatic rings. The zero-order valence-corrected chi connectivity index (χ0v) is 10.7. The highest BCUT2D eigenvalue weighted by Gasteiger charge is 2.07. The van der Waals surface area contributed by atoms with E-state index in [1.54, 1.807) is 11.8 Å². The van der Waals surface area contributed by atoms with Crippen LogP contribution in [0.2, 0.25) is 0 Å². The molecule has 0 rings (SSSR count). The summed E-state index contributed by atoms with van der Waals surface area (Å²) in [4.78, 5) is 24.2. The minimum atomic E-state index is 0.0708. The largest absolute Gasteiger partial charge is 0.354 e. The topological polar surface area (TPSA) is 49.4 Å². The maximum atomic E-state index is 11.3. The van der Waals surface area contributed by atoms with Crippen molar-refractivity contribution in [3.05, 3.63) is 0 Å². The average molecular weight is 228 g/mol. The van der Waals surface area contributed by atoms with E-state index in [1.165, 1.54) is 0 Å². The van der Waals surface area contributed by atoms with Crippen molar-refractivity contribution in [3.8, 4) is 0 Å². The fourth-order valence-electron chi connectivity index (χ4n) is 1.42. The monoisotopic (exact) mass is 228 g/mol. The summed E-state index contributed by atoms with van der Waals surface area (Å²) in [6, 6.07) is 0. The number of nitrogens with one attached hydrogen (secondary N) is 1. The maximum Gasteiger partial charge on any atom is 0.220 e. The van der Waals surface area contributed by atoms with E-state index in [2.05, 4.69) is 12.2 Å². The standard InChI is InChI=1S/C12H24N2O2/c1-4-6-9-14(11(3)15)10-8-13-12(16)7-5-2/h4-10H2,1-3H3,(H,13,16). The van der Waals surface area contributed by atoms with Crippen molar-refractivity contribution in [1.82, 2.24) is 10.2 Å². The van der Waals surface area contributed by atoms with E-state index in [9.17, 15) is 9.59 Å². The summed E-state index contributed by atoms with van der Waals surface area (Å²) in [5, 5.41) is 2.81. The van der Waals surface area contributed by atoms with Crippen molar-refractivity contribution in [1.29, 1.82) is 0 Å². The van der Waals surface area contributed by atoms with E-state index >= 15 is 0 Å². The molecule has 0 spiro atoms. The Hall–Kier alpha value is -1.06. The molecular weight excluding hydrogens is 204 g/mol. The molecule has 1 N–H and O–H groups in total. The van der Waals surface area contributed by atoms with Crippen molar-refractivity contribution >= 4 is 11.8 Å². The van der Waals surface area contributed by atoms with Crippen LogP contribution in [-0.4, -0.2) is 36.3 Å². The lowest BCUT2D eigenvalue weighted by Gasteiger charge is -2.20. The zero-order valence-electron chi connectivity index (χ0n) is 10.7. The van der Waals surface area contributed by atoms with Crippen molar-refractivity contribution in [2.45, 2.75) is 46.5 Å². The number of hydrogen-bond donors (Lipinski definition) is 1.